The number of halogens is 1. The van der Waals surface area contributed by atoms with E-state index >= 15 is 0 Å². The number of aliphatic hydroxyl groups is 1. The molecule has 6 heteroatoms. The number of ether oxygens (including phenoxy) is 1. The minimum Gasteiger partial charge on any atom is -0.394 e. The Labute approximate surface area is 127 Å². The average Bonchev–Trinajstić information content (AvgIpc) is 2.44. The number of carbonyl (C=O) groups excluding carboxylic acids is 1. The first-order chi connectivity index (χ1) is 9.56. The van der Waals surface area contributed by atoms with Crippen LogP contribution in [-0.2, 0) is 11.3 Å². The fourth-order valence-corrected chi connectivity index (χ4v) is 2.12. The molecule has 1 rings (SSSR count). The van der Waals surface area contributed by atoms with E-state index in [4.69, 9.17) is 9.84 Å². The van der Waals surface area contributed by atoms with Crippen LogP contribution in [0, 0.1) is 6.92 Å². The third kappa shape index (κ3) is 5.90. The molecular formula is C14H21BrN2O3. The molecule has 0 heterocycles. The summed E-state index contributed by atoms with van der Waals surface area (Å²) in [7, 11) is 1.59. The number of aryl methyl sites for hydroxylation is 1. The van der Waals surface area contributed by atoms with Crippen LogP contribution in [0.2, 0.25) is 0 Å². The molecule has 112 valence electrons. The van der Waals surface area contributed by atoms with Crippen molar-refractivity contribution in [2.75, 3.05) is 20.3 Å². The molecule has 0 aliphatic carbocycles. The lowest BCUT2D eigenvalue weighted by atomic mass is 10.1. The Hall–Kier alpha value is -1.11. The quantitative estimate of drug-likeness (QED) is 0.708. The summed E-state index contributed by atoms with van der Waals surface area (Å²) in [4.78, 5) is 11.8. The molecule has 0 unspecified atom stereocenters. The molecule has 0 saturated carbocycles. The third-order valence-corrected chi connectivity index (χ3v) is 3.47. The molecule has 0 aliphatic heterocycles. The number of amides is 2. The van der Waals surface area contributed by atoms with Gasteiger partial charge in [-0.25, -0.2) is 4.79 Å². The Bertz CT molecular complexity index is 440. The van der Waals surface area contributed by atoms with E-state index in [0.717, 1.165) is 15.6 Å². The van der Waals surface area contributed by atoms with Gasteiger partial charge in [-0.05, 0) is 36.6 Å². The molecule has 1 aromatic carbocycles. The highest BCUT2D eigenvalue weighted by atomic mass is 79.9. The highest BCUT2D eigenvalue weighted by molar-refractivity contribution is 9.10. The summed E-state index contributed by atoms with van der Waals surface area (Å²) in [5.74, 6) is 0. The zero-order valence-electron chi connectivity index (χ0n) is 11.8. The van der Waals surface area contributed by atoms with Crippen molar-refractivity contribution < 1.29 is 14.6 Å². The van der Waals surface area contributed by atoms with Gasteiger partial charge < -0.3 is 20.5 Å². The number of methoxy groups -OCH3 is 1. The number of urea groups is 1. The summed E-state index contributed by atoms with van der Waals surface area (Å²) in [6.45, 7) is 2.83. The average molecular weight is 345 g/mol. The summed E-state index contributed by atoms with van der Waals surface area (Å²) in [6, 6.07) is 5.35. The largest absolute Gasteiger partial charge is 0.394 e. The standard InChI is InChI=1S/C14H21BrN2O3/c1-10-3-4-12(15)7-11(10)8-16-14(19)17-13(9-18)5-6-20-2/h3-4,7,13,18H,5-6,8-9H2,1-2H3,(H2,16,17,19)/t13-/m0/s1. The van der Waals surface area contributed by atoms with Gasteiger partial charge in [-0.2, -0.15) is 0 Å². The SMILES string of the molecule is COCC[C@@H](CO)NC(=O)NCc1cc(Br)ccc1C. The Morgan fingerprint density at radius 3 is 2.90 bits per heavy atom. The first-order valence-corrected chi connectivity index (χ1v) is 7.25. The number of rotatable bonds is 7. The van der Waals surface area contributed by atoms with Gasteiger partial charge in [0.05, 0.1) is 12.6 Å². The summed E-state index contributed by atoms with van der Waals surface area (Å²) >= 11 is 3.41. The van der Waals surface area contributed by atoms with Gasteiger partial charge in [0.1, 0.15) is 0 Å². The molecule has 0 radical (unpaired) electrons. The maximum atomic E-state index is 11.8. The van der Waals surface area contributed by atoms with Gasteiger partial charge in [0.25, 0.3) is 0 Å². The number of hydrogen-bond acceptors (Lipinski definition) is 3. The van der Waals surface area contributed by atoms with Gasteiger partial charge >= 0.3 is 6.03 Å². The highest BCUT2D eigenvalue weighted by Crippen LogP contribution is 2.15. The lowest BCUT2D eigenvalue weighted by Gasteiger charge is -2.16. The topological polar surface area (TPSA) is 70.6 Å². The minimum atomic E-state index is -0.293. The number of nitrogens with one attached hydrogen (secondary N) is 2. The minimum absolute atomic E-state index is 0.104. The second-order valence-corrected chi connectivity index (χ2v) is 5.47. The van der Waals surface area contributed by atoms with Crippen LogP contribution < -0.4 is 10.6 Å². The summed E-state index contributed by atoms with van der Waals surface area (Å²) in [5, 5.41) is 14.7. The summed E-state index contributed by atoms with van der Waals surface area (Å²) < 4.78 is 5.91. The van der Waals surface area contributed by atoms with E-state index in [1.807, 2.05) is 25.1 Å². The summed E-state index contributed by atoms with van der Waals surface area (Å²) in [6.07, 6.45) is 0.580. The van der Waals surface area contributed by atoms with E-state index in [9.17, 15) is 4.79 Å². The molecule has 0 fully saturated rings. The van der Waals surface area contributed by atoms with E-state index in [1.165, 1.54) is 0 Å². The van der Waals surface area contributed by atoms with Crippen molar-refractivity contribution in [2.24, 2.45) is 0 Å². The normalized spacial score (nSPS) is 12.0. The highest BCUT2D eigenvalue weighted by Gasteiger charge is 2.11. The van der Waals surface area contributed by atoms with Gasteiger partial charge in [0, 0.05) is 24.7 Å². The monoisotopic (exact) mass is 344 g/mol. The maximum Gasteiger partial charge on any atom is 0.315 e. The van der Waals surface area contributed by atoms with Crippen LogP contribution in [0.3, 0.4) is 0 Å². The fourth-order valence-electron chi connectivity index (χ4n) is 1.71. The van der Waals surface area contributed by atoms with E-state index in [1.54, 1.807) is 7.11 Å². The van der Waals surface area contributed by atoms with Gasteiger partial charge in [0.15, 0.2) is 0 Å². The second kappa shape index (κ2) is 8.94. The van der Waals surface area contributed by atoms with Crippen LogP contribution in [-0.4, -0.2) is 37.5 Å². The van der Waals surface area contributed by atoms with E-state index in [-0.39, 0.29) is 18.7 Å². The Morgan fingerprint density at radius 1 is 1.50 bits per heavy atom. The van der Waals surface area contributed by atoms with Crippen LogP contribution in [0.1, 0.15) is 17.5 Å². The lowest BCUT2D eigenvalue weighted by molar-refractivity contribution is 0.159. The van der Waals surface area contributed by atoms with Crippen molar-refractivity contribution in [1.82, 2.24) is 10.6 Å². The van der Waals surface area contributed by atoms with Crippen LogP contribution in [0.25, 0.3) is 0 Å². The Morgan fingerprint density at radius 2 is 2.25 bits per heavy atom. The molecule has 1 atom stereocenters. The first-order valence-electron chi connectivity index (χ1n) is 6.46. The lowest BCUT2D eigenvalue weighted by Crippen LogP contribution is -2.44. The van der Waals surface area contributed by atoms with Crippen LogP contribution in [0.5, 0.6) is 0 Å². The summed E-state index contributed by atoms with van der Waals surface area (Å²) in [5.41, 5.74) is 2.17. The van der Waals surface area contributed by atoms with Gasteiger partial charge in [-0.15, -0.1) is 0 Å². The maximum absolute atomic E-state index is 11.8. The smallest absolute Gasteiger partial charge is 0.315 e. The fraction of sp³-hybridized carbons (Fsp3) is 0.500. The Kier molecular flexibility index (Phi) is 7.58. The molecule has 1 aromatic rings. The zero-order chi connectivity index (χ0) is 15.0. The predicted octanol–water partition coefficient (Wildman–Crippen LogP) is 1.95. The van der Waals surface area contributed by atoms with Crippen molar-refractivity contribution in [1.29, 1.82) is 0 Å². The van der Waals surface area contributed by atoms with Crippen molar-refractivity contribution in [2.45, 2.75) is 25.9 Å². The van der Waals surface area contributed by atoms with Gasteiger partial charge in [-0.3, -0.25) is 0 Å². The van der Waals surface area contributed by atoms with Crippen LogP contribution in [0.15, 0.2) is 22.7 Å². The first kappa shape index (κ1) is 16.9. The van der Waals surface area contributed by atoms with Crippen LogP contribution in [0.4, 0.5) is 4.79 Å². The zero-order valence-corrected chi connectivity index (χ0v) is 13.4. The molecule has 0 saturated heterocycles. The number of aliphatic hydroxyl groups excluding tert-OH is 1. The van der Waals surface area contributed by atoms with E-state index in [0.29, 0.717) is 19.6 Å². The van der Waals surface area contributed by atoms with Crippen molar-refractivity contribution >= 4 is 22.0 Å². The number of benzene rings is 1. The Balaban J connectivity index is 2.44. The molecule has 0 aromatic heterocycles. The van der Waals surface area contributed by atoms with Crippen molar-refractivity contribution in [3.8, 4) is 0 Å². The molecule has 20 heavy (non-hydrogen) atoms. The number of carbonyl (C=O) groups is 1. The molecule has 5 nitrogen and oxygen atoms in total. The number of hydrogen-bond donors (Lipinski definition) is 3. The molecule has 2 amide bonds. The molecular weight excluding hydrogens is 324 g/mol. The van der Waals surface area contributed by atoms with Gasteiger partial charge in [0.2, 0.25) is 0 Å². The van der Waals surface area contributed by atoms with Gasteiger partial charge in [-0.1, -0.05) is 22.0 Å². The second-order valence-electron chi connectivity index (χ2n) is 4.56. The molecule has 0 spiro atoms. The third-order valence-electron chi connectivity index (χ3n) is 2.98. The van der Waals surface area contributed by atoms with Crippen molar-refractivity contribution in [3.63, 3.8) is 0 Å². The molecule has 0 bridgehead atoms. The van der Waals surface area contributed by atoms with Crippen molar-refractivity contribution in [3.05, 3.63) is 33.8 Å². The predicted molar refractivity (Wildman–Crippen MR) is 81.6 cm³/mol. The molecule has 0 aliphatic rings. The molecule has 3 N–H and O–H groups in total. The van der Waals surface area contributed by atoms with E-state index < -0.39 is 0 Å². The van der Waals surface area contributed by atoms with Crippen LogP contribution >= 0.6 is 15.9 Å². The van der Waals surface area contributed by atoms with E-state index in [2.05, 4.69) is 26.6 Å².